The maximum Gasteiger partial charge on any atom is 0.312 e. The molecule has 82 valence electrons. The zero-order valence-corrected chi connectivity index (χ0v) is 8.61. The van der Waals surface area contributed by atoms with Gasteiger partial charge in [-0.2, -0.15) is 0 Å². The van der Waals surface area contributed by atoms with E-state index in [9.17, 15) is 10.1 Å². The van der Waals surface area contributed by atoms with Crippen LogP contribution in [0, 0.1) is 10.1 Å². The Morgan fingerprint density at radius 3 is 2.87 bits per heavy atom. The van der Waals surface area contributed by atoms with Crippen LogP contribution in [0.1, 0.15) is 6.42 Å². The summed E-state index contributed by atoms with van der Waals surface area (Å²) in [6.45, 7) is 0.166. The van der Waals surface area contributed by atoms with Crippen molar-refractivity contribution < 1.29 is 14.8 Å². The molecule has 1 N–H and O–H groups in total. The first-order valence-electron chi connectivity index (χ1n) is 4.33. The number of aliphatic hydroxyl groups excluding tert-OH is 1. The fraction of sp³-hybridized carbons (Fsp3) is 0.333. The number of nitro groups is 1. The van der Waals surface area contributed by atoms with Gasteiger partial charge in [0.1, 0.15) is 0 Å². The molecule has 1 rings (SSSR count). The third-order valence-corrected chi connectivity index (χ3v) is 1.99. The van der Waals surface area contributed by atoms with E-state index in [-0.39, 0.29) is 29.7 Å². The van der Waals surface area contributed by atoms with Crippen molar-refractivity contribution in [1.82, 2.24) is 0 Å². The number of para-hydroxylation sites is 1. The maximum absolute atomic E-state index is 10.6. The van der Waals surface area contributed by atoms with Gasteiger partial charge in [0.15, 0.2) is 0 Å². The average Bonchev–Trinajstić information content (AvgIpc) is 2.20. The van der Waals surface area contributed by atoms with E-state index >= 15 is 0 Å². The van der Waals surface area contributed by atoms with Crippen molar-refractivity contribution in [1.29, 1.82) is 0 Å². The molecule has 0 saturated carbocycles. The highest BCUT2D eigenvalue weighted by atomic mass is 35.5. The van der Waals surface area contributed by atoms with Gasteiger partial charge >= 0.3 is 5.69 Å². The number of hydrogen-bond donors (Lipinski definition) is 1. The minimum absolute atomic E-state index is 0.0295. The lowest BCUT2D eigenvalue weighted by molar-refractivity contribution is -0.385. The molecule has 0 aromatic heterocycles. The monoisotopic (exact) mass is 231 g/mol. The van der Waals surface area contributed by atoms with Gasteiger partial charge in [0, 0.05) is 19.1 Å². The van der Waals surface area contributed by atoms with Gasteiger partial charge in [-0.25, -0.2) is 0 Å². The molecule has 0 bridgehead atoms. The number of ether oxygens (including phenoxy) is 1. The van der Waals surface area contributed by atoms with Crippen molar-refractivity contribution >= 4 is 17.3 Å². The van der Waals surface area contributed by atoms with Gasteiger partial charge in [-0.3, -0.25) is 10.1 Å². The zero-order valence-electron chi connectivity index (χ0n) is 7.85. The number of aliphatic hydroxyl groups is 1. The van der Waals surface area contributed by atoms with Crippen LogP contribution in [0.5, 0.6) is 5.75 Å². The molecule has 0 aliphatic heterocycles. The van der Waals surface area contributed by atoms with Crippen LogP contribution >= 0.6 is 11.6 Å². The molecule has 0 aliphatic rings. The van der Waals surface area contributed by atoms with E-state index in [1.54, 1.807) is 0 Å². The Balaban J connectivity index is 2.87. The quantitative estimate of drug-likeness (QED) is 0.478. The van der Waals surface area contributed by atoms with Gasteiger partial charge in [-0.15, -0.1) is 0 Å². The Kier molecular flexibility index (Phi) is 4.33. The van der Waals surface area contributed by atoms with E-state index in [4.69, 9.17) is 21.4 Å². The summed E-state index contributed by atoms with van der Waals surface area (Å²) in [5.41, 5.74) is -0.166. The number of benzene rings is 1. The second kappa shape index (κ2) is 5.53. The van der Waals surface area contributed by atoms with E-state index in [1.807, 2.05) is 0 Å². The highest BCUT2D eigenvalue weighted by Crippen LogP contribution is 2.34. The lowest BCUT2D eigenvalue weighted by atomic mass is 10.3. The number of hydrogen-bond acceptors (Lipinski definition) is 4. The summed E-state index contributed by atoms with van der Waals surface area (Å²) in [6.07, 6.45) is 0.405. The molecule has 0 aliphatic carbocycles. The van der Waals surface area contributed by atoms with Crippen LogP contribution in [0.15, 0.2) is 18.2 Å². The third-order valence-electron chi connectivity index (χ3n) is 1.69. The summed E-state index contributed by atoms with van der Waals surface area (Å²) in [5, 5.41) is 19.4. The first-order chi connectivity index (χ1) is 7.16. The number of rotatable bonds is 5. The Bertz CT molecular complexity index is 356. The number of halogens is 1. The van der Waals surface area contributed by atoms with Crippen LogP contribution in [-0.4, -0.2) is 23.2 Å². The molecular formula is C9H10ClNO4. The molecule has 0 amide bonds. The van der Waals surface area contributed by atoms with Crippen molar-refractivity contribution in [2.45, 2.75) is 6.42 Å². The number of nitro benzene ring substituents is 1. The third kappa shape index (κ3) is 3.07. The largest absolute Gasteiger partial charge is 0.486 e. The normalized spacial score (nSPS) is 10.0. The summed E-state index contributed by atoms with van der Waals surface area (Å²) in [6, 6.07) is 4.32. The van der Waals surface area contributed by atoms with Crippen LogP contribution in [-0.2, 0) is 0 Å². The molecule has 6 heteroatoms. The molecular weight excluding hydrogens is 222 g/mol. The van der Waals surface area contributed by atoms with Gasteiger partial charge in [0.05, 0.1) is 16.6 Å². The Morgan fingerprint density at radius 2 is 2.27 bits per heavy atom. The molecule has 0 fully saturated rings. The van der Waals surface area contributed by atoms with E-state index < -0.39 is 4.92 Å². The fourth-order valence-corrected chi connectivity index (χ4v) is 1.25. The van der Waals surface area contributed by atoms with Gasteiger partial charge in [-0.1, -0.05) is 17.7 Å². The minimum Gasteiger partial charge on any atom is -0.486 e. The molecule has 0 radical (unpaired) electrons. The van der Waals surface area contributed by atoms with Gasteiger partial charge in [-0.05, 0) is 6.07 Å². The molecule has 0 unspecified atom stereocenters. The van der Waals surface area contributed by atoms with Crippen molar-refractivity contribution in [3.63, 3.8) is 0 Å². The van der Waals surface area contributed by atoms with Crippen LogP contribution in [0.25, 0.3) is 0 Å². The first-order valence-corrected chi connectivity index (χ1v) is 4.71. The van der Waals surface area contributed by atoms with Crippen molar-refractivity contribution in [3.8, 4) is 5.75 Å². The highest BCUT2D eigenvalue weighted by Gasteiger charge is 2.17. The second-order valence-corrected chi connectivity index (χ2v) is 3.18. The topological polar surface area (TPSA) is 72.6 Å². The van der Waals surface area contributed by atoms with Gasteiger partial charge in [0.25, 0.3) is 0 Å². The zero-order chi connectivity index (χ0) is 11.3. The summed E-state index contributed by atoms with van der Waals surface area (Å²) in [4.78, 5) is 10.1. The predicted octanol–water partition coefficient (Wildman–Crippen LogP) is 2.01. The predicted molar refractivity (Wildman–Crippen MR) is 55.3 cm³/mol. The molecule has 5 nitrogen and oxygen atoms in total. The summed E-state index contributed by atoms with van der Waals surface area (Å²) < 4.78 is 5.14. The Hall–Kier alpha value is -1.33. The van der Waals surface area contributed by atoms with Crippen LogP contribution in [0.3, 0.4) is 0 Å². The SMILES string of the molecule is O=[N+]([O-])c1cccc(Cl)c1OCCCO. The average molecular weight is 232 g/mol. The smallest absolute Gasteiger partial charge is 0.312 e. The fourth-order valence-electron chi connectivity index (χ4n) is 1.02. The van der Waals surface area contributed by atoms with Crippen LogP contribution < -0.4 is 4.74 Å². The van der Waals surface area contributed by atoms with Crippen molar-refractivity contribution in [2.75, 3.05) is 13.2 Å². The highest BCUT2D eigenvalue weighted by molar-refractivity contribution is 6.32. The number of nitrogens with zero attached hydrogens (tertiary/aromatic N) is 1. The summed E-state index contributed by atoms with van der Waals surface area (Å²) >= 11 is 5.76. The van der Waals surface area contributed by atoms with Gasteiger partial charge in [0.2, 0.25) is 5.75 Å². The summed E-state index contributed by atoms with van der Waals surface area (Å²) in [5.74, 6) is 0.0533. The molecule has 0 spiro atoms. The minimum atomic E-state index is -0.555. The first kappa shape index (κ1) is 11.7. The molecule has 0 saturated heterocycles. The van der Waals surface area contributed by atoms with Crippen LogP contribution in [0.4, 0.5) is 5.69 Å². The summed E-state index contributed by atoms with van der Waals surface area (Å²) in [7, 11) is 0. The van der Waals surface area contributed by atoms with Gasteiger partial charge < -0.3 is 9.84 Å². The van der Waals surface area contributed by atoms with E-state index in [0.29, 0.717) is 6.42 Å². The van der Waals surface area contributed by atoms with E-state index in [1.165, 1.54) is 18.2 Å². The lowest BCUT2D eigenvalue weighted by Crippen LogP contribution is -2.02. The van der Waals surface area contributed by atoms with E-state index in [2.05, 4.69) is 0 Å². The molecule has 0 atom stereocenters. The Morgan fingerprint density at radius 1 is 1.53 bits per heavy atom. The van der Waals surface area contributed by atoms with Crippen LogP contribution in [0.2, 0.25) is 5.02 Å². The molecule has 1 aromatic rings. The standard InChI is InChI=1S/C9H10ClNO4/c10-7-3-1-4-8(11(13)14)9(7)15-6-2-5-12/h1,3-4,12H,2,5-6H2. The van der Waals surface area contributed by atoms with Crippen molar-refractivity contribution in [2.24, 2.45) is 0 Å². The molecule has 0 heterocycles. The van der Waals surface area contributed by atoms with E-state index in [0.717, 1.165) is 0 Å². The maximum atomic E-state index is 10.6. The lowest BCUT2D eigenvalue weighted by Gasteiger charge is -2.06. The molecule has 1 aromatic carbocycles. The molecule has 15 heavy (non-hydrogen) atoms. The van der Waals surface area contributed by atoms with Crippen molar-refractivity contribution in [3.05, 3.63) is 33.3 Å². The second-order valence-electron chi connectivity index (χ2n) is 2.77. The Labute approximate surface area is 91.4 Å².